The zero-order valence-corrected chi connectivity index (χ0v) is 13.4. The number of nitrogens with one attached hydrogen (secondary N) is 2. The van der Waals surface area contributed by atoms with Crippen molar-refractivity contribution in [2.75, 3.05) is 6.61 Å². The molecule has 0 spiro atoms. The van der Waals surface area contributed by atoms with Gasteiger partial charge in [0, 0.05) is 11.6 Å². The molecule has 1 aromatic carbocycles. The van der Waals surface area contributed by atoms with Crippen molar-refractivity contribution < 1.29 is 9.53 Å². The van der Waals surface area contributed by atoms with Crippen LogP contribution < -0.4 is 5.43 Å². The number of halogens is 1. The molecule has 0 fully saturated rings. The zero-order valence-electron chi connectivity index (χ0n) is 12.6. The summed E-state index contributed by atoms with van der Waals surface area (Å²) in [5.41, 5.74) is 0.853. The van der Waals surface area contributed by atoms with Gasteiger partial charge in [-0.3, -0.25) is 4.79 Å². The van der Waals surface area contributed by atoms with Crippen molar-refractivity contribution in [3.8, 4) is 17.5 Å². The Morgan fingerprint density at radius 2 is 2.21 bits per heavy atom. The van der Waals surface area contributed by atoms with Crippen LogP contribution in [0.3, 0.4) is 0 Å². The van der Waals surface area contributed by atoms with Crippen LogP contribution in [0.15, 0.2) is 35.3 Å². The maximum Gasteiger partial charge on any atom is 0.344 e. The second-order valence-electron chi connectivity index (χ2n) is 5.00. The van der Waals surface area contributed by atoms with Crippen LogP contribution in [0.2, 0.25) is 5.02 Å². The first-order valence-electron chi connectivity index (χ1n) is 7.17. The molecule has 0 saturated carbocycles. The molecule has 0 aliphatic rings. The molecule has 0 unspecified atom stereocenters. The molecule has 0 saturated heterocycles. The summed E-state index contributed by atoms with van der Waals surface area (Å²) in [5, 5.41) is 9.52. The second kappa shape index (κ2) is 6.22. The summed E-state index contributed by atoms with van der Waals surface area (Å²) >= 11 is 6.04. The number of nitrogens with zero attached hydrogens (tertiary/aromatic N) is 1. The Morgan fingerprint density at radius 1 is 1.42 bits per heavy atom. The molecule has 0 aliphatic heterocycles. The second-order valence-corrected chi connectivity index (χ2v) is 5.41. The smallest absolute Gasteiger partial charge is 0.344 e. The van der Waals surface area contributed by atoms with Gasteiger partial charge in [0.1, 0.15) is 11.6 Å². The minimum absolute atomic E-state index is 0.113. The normalized spacial score (nSPS) is 10.5. The first-order chi connectivity index (χ1) is 11.6. The number of rotatable bonds is 3. The Kier molecular flexibility index (Phi) is 4.11. The van der Waals surface area contributed by atoms with Crippen LogP contribution in [0.5, 0.6) is 0 Å². The molecule has 0 aliphatic carbocycles. The Hall–Kier alpha value is -3.04. The SMILES string of the molecule is CCOC(=O)c1c(-c2ccc[nH]2)[nH]c2cc(Cl)c(C#N)cc2c1=O. The molecule has 7 heteroatoms. The average molecular weight is 342 g/mol. The van der Waals surface area contributed by atoms with Crippen molar-refractivity contribution in [3.63, 3.8) is 0 Å². The number of carbonyl (C=O) groups is 1. The van der Waals surface area contributed by atoms with E-state index >= 15 is 0 Å². The highest BCUT2D eigenvalue weighted by atomic mass is 35.5. The van der Waals surface area contributed by atoms with E-state index in [1.54, 1.807) is 25.3 Å². The Labute approximate surface area is 141 Å². The van der Waals surface area contributed by atoms with Crippen LogP contribution in [0, 0.1) is 11.3 Å². The maximum absolute atomic E-state index is 12.9. The molecule has 2 aromatic heterocycles. The number of H-pyrrole nitrogens is 2. The van der Waals surface area contributed by atoms with Crippen LogP contribution in [-0.2, 0) is 4.74 Å². The molecule has 2 N–H and O–H groups in total. The van der Waals surface area contributed by atoms with Crippen molar-refractivity contribution in [1.29, 1.82) is 5.26 Å². The molecule has 120 valence electrons. The van der Waals surface area contributed by atoms with E-state index in [1.165, 1.54) is 12.1 Å². The van der Waals surface area contributed by atoms with Gasteiger partial charge < -0.3 is 14.7 Å². The van der Waals surface area contributed by atoms with Gasteiger partial charge in [0.15, 0.2) is 0 Å². The van der Waals surface area contributed by atoms with E-state index in [0.29, 0.717) is 16.9 Å². The number of hydrogen-bond donors (Lipinski definition) is 2. The Bertz CT molecular complexity index is 1030. The van der Waals surface area contributed by atoms with E-state index < -0.39 is 11.4 Å². The third-order valence-electron chi connectivity index (χ3n) is 3.56. The number of esters is 1. The number of fused-ring (bicyclic) bond motifs is 1. The lowest BCUT2D eigenvalue weighted by Crippen LogP contribution is -2.20. The lowest BCUT2D eigenvalue weighted by Gasteiger charge is -2.10. The molecular formula is C17H12ClN3O3. The highest BCUT2D eigenvalue weighted by molar-refractivity contribution is 6.32. The molecule has 3 aromatic rings. The number of aromatic nitrogens is 2. The molecule has 6 nitrogen and oxygen atoms in total. The van der Waals surface area contributed by atoms with Crippen LogP contribution >= 0.6 is 11.6 Å². The third-order valence-corrected chi connectivity index (χ3v) is 3.87. The maximum atomic E-state index is 12.9. The number of pyridine rings is 1. The molecule has 3 rings (SSSR count). The van der Waals surface area contributed by atoms with E-state index in [9.17, 15) is 9.59 Å². The number of benzene rings is 1. The third kappa shape index (κ3) is 2.55. The van der Waals surface area contributed by atoms with E-state index in [4.69, 9.17) is 21.6 Å². The molecule has 0 atom stereocenters. The summed E-state index contributed by atoms with van der Waals surface area (Å²) in [6.45, 7) is 1.81. The summed E-state index contributed by atoms with van der Waals surface area (Å²) in [6.07, 6.45) is 1.68. The van der Waals surface area contributed by atoms with Crippen LogP contribution in [0.1, 0.15) is 22.8 Å². The van der Waals surface area contributed by atoms with Gasteiger partial charge in [0.25, 0.3) is 0 Å². The topological polar surface area (TPSA) is 98.7 Å². The van der Waals surface area contributed by atoms with Crippen LogP contribution in [-0.4, -0.2) is 22.5 Å². The predicted octanol–water partition coefficient (Wildman–Crippen LogP) is 3.22. The van der Waals surface area contributed by atoms with E-state index in [0.717, 1.165) is 0 Å². The first-order valence-corrected chi connectivity index (χ1v) is 7.55. The summed E-state index contributed by atoms with van der Waals surface area (Å²) in [7, 11) is 0. The van der Waals surface area contributed by atoms with Gasteiger partial charge >= 0.3 is 5.97 Å². The van der Waals surface area contributed by atoms with Gasteiger partial charge in [-0.1, -0.05) is 11.6 Å². The van der Waals surface area contributed by atoms with Gasteiger partial charge in [0.05, 0.1) is 34.1 Å². The van der Waals surface area contributed by atoms with Gasteiger partial charge in [0.2, 0.25) is 5.43 Å². The molecule has 24 heavy (non-hydrogen) atoms. The van der Waals surface area contributed by atoms with Crippen molar-refractivity contribution in [2.24, 2.45) is 0 Å². The predicted molar refractivity (Wildman–Crippen MR) is 90.0 cm³/mol. The van der Waals surface area contributed by atoms with E-state index in [2.05, 4.69) is 9.97 Å². The summed E-state index contributed by atoms with van der Waals surface area (Å²) in [4.78, 5) is 31.2. The molecule has 2 heterocycles. The molecule has 0 bridgehead atoms. The van der Waals surface area contributed by atoms with Gasteiger partial charge in [-0.05, 0) is 31.2 Å². The Balaban J connectivity index is 2.41. The van der Waals surface area contributed by atoms with Crippen molar-refractivity contribution in [3.05, 3.63) is 56.8 Å². The van der Waals surface area contributed by atoms with Crippen molar-refractivity contribution >= 4 is 28.5 Å². The van der Waals surface area contributed by atoms with Crippen molar-refractivity contribution in [2.45, 2.75) is 6.92 Å². The van der Waals surface area contributed by atoms with Crippen LogP contribution in [0.25, 0.3) is 22.3 Å². The quantitative estimate of drug-likeness (QED) is 0.714. The summed E-state index contributed by atoms with van der Waals surface area (Å²) in [6, 6.07) is 8.27. The first kappa shape index (κ1) is 15.8. The minimum Gasteiger partial charge on any atom is -0.462 e. The van der Waals surface area contributed by atoms with Crippen molar-refractivity contribution in [1.82, 2.24) is 9.97 Å². The fourth-order valence-electron chi connectivity index (χ4n) is 2.48. The largest absolute Gasteiger partial charge is 0.462 e. The fourth-order valence-corrected chi connectivity index (χ4v) is 2.69. The summed E-state index contributed by atoms with van der Waals surface area (Å²) in [5.74, 6) is -0.723. The lowest BCUT2D eigenvalue weighted by atomic mass is 10.0. The average Bonchev–Trinajstić information content (AvgIpc) is 3.08. The summed E-state index contributed by atoms with van der Waals surface area (Å²) < 4.78 is 5.01. The lowest BCUT2D eigenvalue weighted by molar-refractivity contribution is 0.0525. The number of hydrogen-bond acceptors (Lipinski definition) is 4. The standard InChI is InChI=1S/C17H12ClN3O3/c1-2-24-17(23)14-15(12-4-3-5-20-12)21-13-7-11(18)9(8-19)6-10(13)16(14)22/h3-7,20H,2H2,1H3,(H,21,22). The highest BCUT2D eigenvalue weighted by Crippen LogP contribution is 2.25. The molecular weight excluding hydrogens is 330 g/mol. The number of carbonyl (C=O) groups excluding carboxylic acids is 1. The number of ether oxygens (including phenoxy) is 1. The zero-order chi connectivity index (χ0) is 17.3. The van der Waals surface area contributed by atoms with Gasteiger partial charge in [-0.25, -0.2) is 4.79 Å². The number of aromatic amines is 2. The van der Waals surface area contributed by atoms with E-state index in [-0.39, 0.29) is 28.1 Å². The number of nitriles is 1. The Morgan fingerprint density at radius 3 is 2.83 bits per heavy atom. The van der Waals surface area contributed by atoms with E-state index in [1.807, 2.05) is 6.07 Å². The molecule has 0 radical (unpaired) electrons. The minimum atomic E-state index is -0.723. The molecule has 0 amide bonds. The monoisotopic (exact) mass is 341 g/mol. The van der Waals surface area contributed by atoms with Gasteiger partial charge in [-0.15, -0.1) is 0 Å². The fraction of sp³-hybridized carbons (Fsp3) is 0.118. The van der Waals surface area contributed by atoms with Crippen LogP contribution in [0.4, 0.5) is 0 Å². The highest BCUT2D eigenvalue weighted by Gasteiger charge is 2.22. The van der Waals surface area contributed by atoms with Gasteiger partial charge in [-0.2, -0.15) is 5.26 Å².